The summed E-state index contributed by atoms with van der Waals surface area (Å²) in [5.74, 6) is 2.51. The molecule has 1 N–H and O–H groups in total. The molecule has 1 atom stereocenters. The first-order valence-corrected chi connectivity index (χ1v) is 6.78. The van der Waals surface area contributed by atoms with Crippen LogP contribution in [0.1, 0.15) is 44.7 Å². The molecule has 0 aromatic heterocycles. The first-order chi connectivity index (χ1) is 9.19. The lowest BCUT2D eigenvalue weighted by Crippen LogP contribution is -2.19. The Morgan fingerprint density at radius 3 is 2.89 bits per heavy atom. The van der Waals surface area contributed by atoms with Crippen LogP contribution in [0, 0.1) is 18.2 Å². The second kappa shape index (κ2) is 8.55. The Kier molecular flexibility index (Phi) is 6.99. The Hall–Kier alpha value is -1.53. The van der Waals surface area contributed by atoms with Crippen LogP contribution in [-0.4, -0.2) is 13.2 Å². The maximum Gasteiger partial charge on any atom is 0.165 e. The molecule has 0 bridgehead atoms. The van der Waals surface area contributed by atoms with E-state index in [2.05, 4.69) is 18.2 Å². The summed E-state index contributed by atoms with van der Waals surface area (Å²) in [4.78, 5) is 0. The fourth-order valence-electron chi connectivity index (χ4n) is 1.74. The van der Waals surface area contributed by atoms with E-state index >= 15 is 0 Å². The lowest BCUT2D eigenvalue weighted by atomic mass is 10.1. The monoisotopic (exact) mass is 263 g/mol. The first-order valence-electron chi connectivity index (χ1n) is 6.78. The van der Waals surface area contributed by atoms with Crippen LogP contribution in [0.25, 0.3) is 0 Å². The molecule has 0 aliphatic heterocycles. The zero-order valence-electron chi connectivity index (χ0n) is 11.7. The van der Waals surface area contributed by atoms with Gasteiger partial charge in [-0.1, -0.05) is 13.0 Å². The van der Waals surface area contributed by atoms with Crippen molar-refractivity contribution in [3.63, 3.8) is 0 Å². The summed E-state index contributed by atoms with van der Waals surface area (Å²) in [6.07, 6.45) is 7.60. The maximum absolute atomic E-state index is 13.8. The van der Waals surface area contributed by atoms with E-state index in [0.717, 1.165) is 24.9 Å². The molecule has 0 aliphatic carbocycles. The van der Waals surface area contributed by atoms with Gasteiger partial charge in [0, 0.05) is 12.5 Å². The van der Waals surface area contributed by atoms with Crippen LogP contribution in [0.15, 0.2) is 18.2 Å². The van der Waals surface area contributed by atoms with Gasteiger partial charge in [-0.05, 0) is 44.0 Å². The smallest absolute Gasteiger partial charge is 0.165 e. The number of rotatable bonds is 8. The van der Waals surface area contributed by atoms with E-state index in [1.54, 1.807) is 6.07 Å². The highest BCUT2D eigenvalue weighted by Gasteiger charge is 2.09. The van der Waals surface area contributed by atoms with Crippen molar-refractivity contribution in [2.24, 2.45) is 0 Å². The topological polar surface area (TPSA) is 21.3 Å². The van der Waals surface area contributed by atoms with Crippen molar-refractivity contribution in [1.82, 2.24) is 5.32 Å². The molecule has 3 heteroatoms. The number of unbranched alkanes of at least 4 members (excludes halogenated alkanes) is 1. The normalized spacial score (nSPS) is 11.9. The second-order valence-electron chi connectivity index (χ2n) is 4.52. The third kappa shape index (κ3) is 5.32. The highest BCUT2D eigenvalue weighted by molar-refractivity contribution is 5.30. The van der Waals surface area contributed by atoms with Crippen LogP contribution in [0.5, 0.6) is 5.75 Å². The summed E-state index contributed by atoms with van der Waals surface area (Å²) in [6.45, 7) is 5.50. The Morgan fingerprint density at radius 2 is 2.26 bits per heavy atom. The summed E-state index contributed by atoms with van der Waals surface area (Å²) in [6, 6.07) is 5.26. The average Bonchev–Trinajstić information content (AvgIpc) is 2.42. The molecule has 1 rings (SSSR count). The van der Waals surface area contributed by atoms with Gasteiger partial charge >= 0.3 is 0 Å². The molecule has 0 fully saturated rings. The largest absolute Gasteiger partial charge is 0.490 e. The molecule has 0 heterocycles. The zero-order valence-corrected chi connectivity index (χ0v) is 11.7. The van der Waals surface area contributed by atoms with Gasteiger partial charge in [-0.15, -0.1) is 12.3 Å². The number of hydrogen-bond acceptors (Lipinski definition) is 2. The van der Waals surface area contributed by atoms with Crippen molar-refractivity contribution in [2.45, 2.75) is 39.2 Å². The van der Waals surface area contributed by atoms with Gasteiger partial charge in [0.05, 0.1) is 6.61 Å². The van der Waals surface area contributed by atoms with Gasteiger partial charge in [0.15, 0.2) is 11.6 Å². The predicted molar refractivity (Wildman–Crippen MR) is 76.7 cm³/mol. The van der Waals surface area contributed by atoms with Gasteiger partial charge in [0.25, 0.3) is 0 Å². The minimum atomic E-state index is -0.316. The minimum absolute atomic E-state index is 0.143. The van der Waals surface area contributed by atoms with Crippen LogP contribution in [0.2, 0.25) is 0 Å². The zero-order chi connectivity index (χ0) is 14.1. The molecule has 19 heavy (non-hydrogen) atoms. The number of hydrogen-bond donors (Lipinski definition) is 1. The molecule has 1 aromatic rings. The Morgan fingerprint density at radius 1 is 1.47 bits per heavy atom. The van der Waals surface area contributed by atoms with Gasteiger partial charge in [-0.3, -0.25) is 0 Å². The number of terminal acetylenes is 1. The van der Waals surface area contributed by atoms with Gasteiger partial charge in [0.1, 0.15) is 0 Å². The van der Waals surface area contributed by atoms with Crippen LogP contribution < -0.4 is 10.1 Å². The maximum atomic E-state index is 13.8. The van der Waals surface area contributed by atoms with Crippen molar-refractivity contribution in [3.05, 3.63) is 29.6 Å². The van der Waals surface area contributed by atoms with Gasteiger partial charge in [0.2, 0.25) is 0 Å². The molecule has 1 aromatic carbocycles. The summed E-state index contributed by atoms with van der Waals surface area (Å²) in [5, 5.41) is 3.33. The number of halogens is 1. The fraction of sp³-hybridized carbons (Fsp3) is 0.500. The molecule has 0 amide bonds. The van der Waals surface area contributed by atoms with E-state index in [1.165, 1.54) is 6.07 Å². The molecule has 0 saturated heterocycles. The molecule has 2 nitrogen and oxygen atoms in total. The van der Waals surface area contributed by atoms with Crippen molar-refractivity contribution in [2.75, 3.05) is 13.2 Å². The third-order valence-corrected chi connectivity index (χ3v) is 2.88. The molecule has 0 aliphatic rings. The van der Waals surface area contributed by atoms with Crippen molar-refractivity contribution in [1.29, 1.82) is 0 Å². The Balaban J connectivity index is 2.56. The number of ether oxygens (including phenoxy) is 1. The van der Waals surface area contributed by atoms with Crippen LogP contribution in [-0.2, 0) is 0 Å². The lowest BCUT2D eigenvalue weighted by Gasteiger charge is -2.15. The third-order valence-electron chi connectivity index (χ3n) is 2.88. The molecule has 104 valence electrons. The number of benzene rings is 1. The van der Waals surface area contributed by atoms with Gasteiger partial charge < -0.3 is 10.1 Å². The number of nitrogens with one attached hydrogen (secondary N) is 1. The van der Waals surface area contributed by atoms with Crippen LogP contribution >= 0.6 is 0 Å². The van der Waals surface area contributed by atoms with E-state index in [-0.39, 0.29) is 11.9 Å². The van der Waals surface area contributed by atoms with E-state index in [4.69, 9.17) is 11.2 Å². The fourth-order valence-corrected chi connectivity index (χ4v) is 1.74. The summed E-state index contributed by atoms with van der Waals surface area (Å²) >= 11 is 0. The lowest BCUT2D eigenvalue weighted by molar-refractivity contribution is 0.297. The average molecular weight is 263 g/mol. The standard InChI is InChI=1S/C16H22FNO/c1-4-6-7-11-19-16-9-8-14(12-15(16)17)13(3)18-10-5-2/h1,8-9,12-13,18H,5-7,10-11H2,2-3H3. The molecular weight excluding hydrogens is 241 g/mol. The van der Waals surface area contributed by atoms with Crippen molar-refractivity contribution in [3.8, 4) is 18.1 Å². The van der Waals surface area contributed by atoms with Crippen LogP contribution in [0.4, 0.5) is 4.39 Å². The highest BCUT2D eigenvalue weighted by atomic mass is 19.1. The van der Waals surface area contributed by atoms with Gasteiger partial charge in [-0.2, -0.15) is 0 Å². The first kappa shape index (κ1) is 15.5. The molecule has 0 saturated carbocycles. The van der Waals surface area contributed by atoms with Crippen LogP contribution in [0.3, 0.4) is 0 Å². The van der Waals surface area contributed by atoms with E-state index < -0.39 is 0 Å². The van der Waals surface area contributed by atoms with Crippen molar-refractivity contribution < 1.29 is 9.13 Å². The Labute approximate surface area is 115 Å². The predicted octanol–water partition coefficient (Wildman–Crippen LogP) is 3.68. The van der Waals surface area contributed by atoms with Crippen molar-refractivity contribution >= 4 is 0 Å². The molecule has 0 spiro atoms. The minimum Gasteiger partial charge on any atom is -0.490 e. The molecule has 1 unspecified atom stereocenters. The second-order valence-corrected chi connectivity index (χ2v) is 4.52. The summed E-state index contributed by atoms with van der Waals surface area (Å²) < 4.78 is 19.2. The highest BCUT2D eigenvalue weighted by Crippen LogP contribution is 2.22. The Bertz CT molecular complexity index is 425. The molecule has 0 radical (unpaired) electrons. The van der Waals surface area contributed by atoms with Gasteiger partial charge in [-0.25, -0.2) is 4.39 Å². The summed E-state index contributed by atoms with van der Waals surface area (Å²) in [7, 11) is 0. The van der Waals surface area contributed by atoms with E-state index in [0.29, 0.717) is 18.8 Å². The van der Waals surface area contributed by atoms with E-state index in [9.17, 15) is 4.39 Å². The summed E-state index contributed by atoms with van der Waals surface area (Å²) in [5.41, 5.74) is 0.932. The van der Waals surface area contributed by atoms with E-state index in [1.807, 2.05) is 13.0 Å². The quantitative estimate of drug-likeness (QED) is 0.570. The molecular formula is C16H22FNO. The SMILES string of the molecule is C#CCCCOc1ccc(C(C)NCCC)cc1F.